The van der Waals surface area contributed by atoms with Crippen LogP contribution >= 0.6 is 0 Å². The molecule has 0 saturated carbocycles. The van der Waals surface area contributed by atoms with Crippen molar-refractivity contribution in [2.24, 2.45) is 0 Å². The summed E-state index contributed by atoms with van der Waals surface area (Å²) in [7, 11) is 0. The highest BCUT2D eigenvalue weighted by Crippen LogP contribution is 2.13. The zero-order chi connectivity index (χ0) is 17.0. The van der Waals surface area contributed by atoms with Gasteiger partial charge in [-0.05, 0) is 25.1 Å². The van der Waals surface area contributed by atoms with Crippen molar-refractivity contribution in [2.45, 2.75) is 13.0 Å². The van der Waals surface area contributed by atoms with Crippen LogP contribution in [0.15, 0.2) is 39.7 Å². The van der Waals surface area contributed by atoms with Gasteiger partial charge >= 0.3 is 5.97 Å². The van der Waals surface area contributed by atoms with Crippen LogP contribution in [0.1, 0.15) is 11.1 Å². The Morgan fingerprint density at radius 1 is 1.39 bits per heavy atom. The van der Waals surface area contributed by atoms with Crippen LogP contribution in [-0.4, -0.2) is 34.7 Å². The van der Waals surface area contributed by atoms with E-state index in [0.717, 1.165) is 11.6 Å². The minimum Gasteiger partial charge on any atom is -0.480 e. The third-order valence-electron chi connectivity index (χ3n) is 3.17. The maximum Gasteiger partial charge on any atom is 0.328 e. The first-order chi connectivity index (χ1) is 10.9. The third kappa shape index (κ3) is 3.83. The number of rotatable bonds is 5. The molecular weight excluding hydrogens is 302 g/mol. The van der Waals surface area contributed by atoms with Crippen LogP contribution in [0.4, 0.5) is 0 Å². The summed E-state index contributed by atoms with van der Waals surface area (Å²) in [5.41, 5.74) is 1.20. The van der Waals surface area contributed by atoms with E-state index in [1.165, 1.54) is 12.3 Å². The summed E-state index contributed by atoms with van der Waals surface area (Å²) >= 11 is 0. The van der Waals surface area contributed by atoms with Gasteiger partial charge in [0.1, 0.15) is 11.8 Å². The lowest BCUT2D eigenvalue weighted by Gasteiger charge is -2.09. The molecule has 1 aromatic carbocycles. The molecule has 0 saturated heterocycles. The smallest absolute Gasteiger partial charge is 0.328 e. The predicted molar refractivity (Wildman–Crippen MR) is 82.9 cm³/mol. The lowest BCUT2D eigenvalue weighted by molar-refractivity contribution is -0.142. The second kappa shape index (κ2) is 6.89. The Morgan fingerprint density at radius 3 is 2.78 bits per heavy atom. The highest BCUT2D eigenvalue weighted by molar-refractivity contribution is 5.94. The zero-order valence-corrected chi connectivity index (χ0v) is 12.3. The number of hydrogen-bond acceptors (Lipinski definition) is 5. The second-order valence-electron chi connectivity index (χ2n) is 4.94. The molecule has 3 N–H and O–H groups in total. The van der Waals surface area contributed by atoms with Crippen molar-refractivity contribution in [3.63, 3.8) is 0 Å². The zero-order valence-electron chi connectivity index (χ0n) is 12.3. The van der Waals surface area contributed by atoms with Crippen molar-refractivity contribution in [1.82, 2.24) is 5.32 Å². The average Bonchev–Trinajstić information content (AvgIpc) is 2.52. The molecule has 1 amide bonds. The number of aryl methyl sites for hydroxylation is 1. The fourth-order valence-electron chi connectivity index (χ4n) is 1.95. The van der Waals surface area contributed by atoms with Gasteiger partial charge < -0.3 is 19.9 Å². The van der Waals surface area contributed by atoms with Crippen LogP contribution in [-0.2, 0) is 9.59 Å². The highest BCUT2D eigenvalue weighted by atomic mass is 16.4. The number of benzene rings is 1. The minimum atomic E-state index is -1.40. The largest absolute Gasteiger partial charge is 0.480 e. The first-order valence-electron chi connectivity index (χ1n) is 6.77. The second-order valence-corrected chi connectivity index (χ2v) is 4.94. The summed E-state index contributed by atoms with van der Waals surface area (Å²) in [6.07, 6.45) is 3.48. The number of carboxylic acids is 1. The lowest BCUT2D eigenvalue weighted by Crippen LogP contribution is -2.42. The van der Waals surface area contributed by atoms with Gasteiger partial charge in [-0.15, -0.1) is 0 Å². The SMILES string of the molecule is Cc1ccc2occ(/C=C/C(=O)NC(CO)C(=O)O)c(=O)c2c1. The molecule has 0 bridgehead atoms. The van der Waals surface area contributed by atoms with E-state index in [1.807, 2.05) is 13.0 Å². The molecule has 0 spiro atoms. The maximum atomic E-state index is 12.3. The summed E-state index contributed by atoms with van der Waals surface area (Å²) < 4.78 is 5.33. The van der Waals surface area contributed by atoms with Crippen LogP contribution < -0.4 is 10.7 Å². The van der Waals surface area contributed by atoms with E-state index in [1.54, 1.807) is 12.1 Å². The highest BCUT2D eigenvalue weighted by Gasteiger charge is 2.17. The van der Waals surface area contributed by atoms with Gasteiger partial charge in [-0.2, -0.15) is 0 Å². The van der Waals surface area contributed by atoms with Crippen molar-refractivity contribution in [3.8, 4) is 0 Å². The number of hydrogen-bond donors (Lipinski definition) is 3. The van der Waals surface area contributed by atoms with Gasteiger partial charge in [0.2, 0.25) is 5.91 Å². The van der Waals surface area contributed by atoms with E-state index >= 15 is 0 Å². The molecule has 0 radical (unpaired) electrons. The molecule has 7 heteroatoms. The van der Waals surface area contributed by atoms with Crippen molar-refractivity contribution in [3.05, 3.63) is 51.9 Å². The molecule has 23 heavy (non-hydrogen) atoms. The van der Waals surface area contributed by atoms with Gasteiger partial charge in [-0.1, -0.05) is 11.6 Å². The average molecular weight is 317 g/mol. The van der Waals surface area contributed by atoms with Gasteiger partial charge in [0.15, 0.2) is 11.5 Å². The first-order valence-corrected chi connectivity index (χ1v) is 6.77. The maximum absolute atomic E-state index is 12.3. The van der Waals surface area contributed by atoms with Gasteiger partial charge in [0, 0.05) is 6.08 Å². The number of amides is 1. The first kappa shape index (κ1) is 16.4. The third-order valence-corrected chi connectivity index (χ3v) is 3.17. The molecule has 1 atom stereocenters. The predicted octanol–water partition coefficient (Wildman–Crippen LogP) is 0.676. The van der Waals surface area contributed by atoms with E-state index in [2.05, 4.69) is 5.32 Å². The number of carbonyl (C=O) groups excluding carboxylic acids is 1. The van der Waals surface area contributed by atoms with Crippen molar-refractivity contribution >= 4 is 28.9 Å². The van der Waals surface area contributed by atoms with Crippen LogP contribution in [0.25, 0.3) is 17.0 Å². The number of nitrogens with one attached hydrogen (secondary N) is 1. The van der Waals surface area contributed by atoms with E-state index in [0.29, 0.717) is 11.0 Å². The summed E-state index contributed by atoms with van der Waals surface area (Å²) in [5.74, 6) is -2.09. The van der Waals surface area contributed by atoms with Gasteiger partial charge in [0.25, 0.3) is 0 Å². The number of fused-ring (bicyclic) bond motifs is 1. The van der Waals surface area contributed by atoms with E-state index in [-0.39, 0.29) is 11.0 Å². The van der Waals surface area contributed by atoms with Gasteiger partial charge in [-0.25, -0.2) is 4.79 Å². The molecule has 0 aliphatic rings. The Kier molecular flexibility index (Phi) is 4.92. The molecule has 7 nitrogen and oxygen atoms in total. The molecule has 0 aliphatic heterocycles. The molecule has 0 aliphatic carbocycles. The lowest BCUT2D eigenvalue weighted by atomic mass is 10.1. The van der Waals surface area contributed by atoms with Crippen molar-refractivity contribution < 1.29 is 24.2 Å². The summed E-state index contributed by atoms with van der Waals surface area (Å²) in [4.78, 5) is 34.6. The summed E-state index contributed by atoms with van der Waals surface area (Å²) in [5, 5.41) is 20.1. The summed E-state index contributed by atoms with van der Waals surface area (Å²) in [6, 6.07) is 3.79. The Hall–Kier alpha value is -2.93. The fourth-order valence-corrected chi connectivity index (χ4v) is 1.95. The molecule has 120 valence electrons. The topological polar surface area (TPSA) is 117 Å². The number of aliphatic hydroxyl groups excluding tert-OH is 1. The minimum absolute atomic E-state index is 0.161. The molecule has 2 rings (SSSR count). The van der Waals surface area contributed by atoms with Crippen LogP contribution in [0, 0.1) is 6.92 Å². The quantitative estimate of drug-likeness (QED) is 0.698. The monoisotopic (exact) mass is 317 g/mol. The number of aliphatic hydroxyl groups is 1. The Bertz CT molecular complexity index is 836. The standard InChI is InChI=1S/C16H15NO6/c1-9-2-4-13-11(6-9)15(20)10(8-23-13)3-5-14(19)17-12(7-18)16(21)22/h2-6,8,12,18H,7H2,1H3,(H,17,19)(H,21,22)/b5-3+. The number of carbonyl (C=O) groups is 2. The van der Waals surface area contributed by atoms with Crippen molar-refractivity contribution in [1.29, 1.82) is 0 Å². The van der Waals surface area contributed by atoms with Crippen LogP contribution in [0.3, 0.4) is 0 Å². The van der Waals surface area contributed by atoms with E-state index in [9.17, 15) is 14.4 Å². The molecule has 0 fully saturated rings. The van der Waals surface area contributed by atoms with E-state index in [4.69, 9.17) is 14.6 Å². The number of carboxylic acid groups (broad SMARTS) is 1. The van der Waals surface area contributed by atoms with Gasteiger partial charge in [-0.3, -0.25) is 9.59 Å². The Balaban J connectivity index is 2.24. The van der Waals surface area contributed by atoms with Crippen LogP contribution in [0.5, 0.6) is 0 Å². The Morgan fingerprint density at radius 2 is 2.13 bits per heavy atom. The Labute approximate surface area is 130 Å². The number of aliphatic carboxylic acids is 1. The molecule has 2 aromatic rings. The molecular formula is C16H15NO6. The van der Waals surface area contributed by atoms with Crippen molar-refractivity contribution in [2.75, 3.05) is 6.61 Å². The van der Waals surface area contributed by atoms with Gasteiger partial charge in [0.05, 0.1) is 17.6 Å². The molecule has 1 heterocycles. The van der Waals surface area contributed by atoms with E-state index < -0.39 is 24.5 Å². The fraction of sp³-hybridized carbons (Fsp3) is 0.188. The molecule has 1 aromatic heterocycles. The van der Waals surface area contributed by atoms with Crippen LogP contribution in [0.2, 0.25) is 0 Å². The summed E-state index contributed by atoms with van der Waals surface area (Å²) in [6.45, 7) is 1.11. The molecule has 1 unspecified atom stereocenters. The normalized spacial score (nSPS) is 12.4.